The second-order valence-electron chi connectivity index (χ2n) is 5.47. The maximum absolute atomic E-state index is 4.74. The van der Waals surface area contributed by atoms with Gasteiger partial charge in [-0.25, -0.2) is 0 Å². The third kappa shape index (κ3) is 4.26. The van der Waals surface area contributed by atoms with Crippen LogP contribution in [0.4, 0.5) is 0 Å². The van der Waals surface area contributed by atoms with Crippen LogP contribution in [0.15, 0.2) is 73.1 Å². The van der Waals surface area contributed by atoms with Crippen LogP contribution in [0.1, 0.15) is 22.5 Å². The highest BCUT2D eigenvalue weighted by Crippen LogP contribution is 2.08. The fourth-order valence-electron chi connectivity index (χ4n) is 2.53. The molecular formula is C20H20N2. The van der Waals surface area contributed by atoms with E-state index in [1.54, 1.807) is 0 Å². The molecule has 0 amide bonds. The maximum atomic E-state index is 4.74. The van der Waals surface area contributed by atoms with Crippen LogP contribution in [0.25, 0.3) is 0 Å². The summed E-state index contributed by atoms with van der Waals surface area (Å²) in [5, 5.41) is 0. The van der Waals surface area contributed by atoms with E-state index in [1.807, 2.05) is 24.5 Å². The van der Waals surface area contributed by atoms with Gasteiger partial charge in [0.25, 0.3) is 0 Å². The lowest BCUT2D eigenvalue weighted by Gasteiger charge is -2.05. The first-order valence-corrected chi connectivity index (χ1v) is 7.78. The summed E-state index contributed by atoms with van der Waals surface area (Å²) in [6, 6.07) is 21.1. The fourth-order valence-corrected chi connectivity index (χ4v) is 2.53. The molecule has 1 aromatic heterocycles. The van der Waals surface area contributed by atoms with E-state index in [9.17, 15) is 0 Å². The van der Waals surface area contributed by atoms with Gasteiger partial charge in [0.15, 0.2) is 0 Å². The minimum Gasteiger partial charge on any atom is -0.261 e. The van der Waals surface area contributed by atoms with Crippen molar-refractivity contribution in [1.29, 1.82) is 0 Å². The minimum atomic E-state index is 0.941. The second kappa shape index (κ2) is 7.51. The summed E-state index contributed by atoms with van der Waals surface area (Å²) < 4.78 is 0. The molecule has 0 N–H and O–H groups in total. The molecule has 22 heavy (non-hydrogen) atoms. The standard InChI is InChI=1S/C20H20N2/c1-3-7-17(8-4-1)11-13-19-15-21-16-20(22-19)14-12-18-9-5-2-6-10-18/h1-10,15-16H,11-14H2. The average Bonchev–Trinajstić information content (AvgIpc) is 2.60. The highest BCUT2D eigenvalue weighted by Gasteiger charge is 2.01. The van der Waals surface area contributed by atoms with Crippen LogP contribution in [0.3, 0.4) is 0 Å². The zero-order valence-electron chi connectivity index (χ0n) is 12.7. The third-order valence-corrected chi connectivity index (χ3v) is 3.76. The summed E-state index contributed by atoms with van der Waals surface area (Å²) >= 11 is 0. The van der Waals surface area contributed by atoms with Crippen LogP contribution in [0.2, 0.25) is 0 Å². The van der Waals surface area contributed by atoms with Crippen molar-refractivity contribution in [2.75, 3.05) is 0 Å². The molecule has 0 bridgehead atoms. The van der Waals surface area contributed by atoms with E-state index in [4.69, 9.17) is 4.98 Å². The number of benzene rings is 2. The van der Waals surface area contributed by atoms with Crippen molar-refractivity contribution in [2.24, 2.45) is 0 Å². The van der Waals surface area contributed by atoms with Crippen molar-refractivity contribution in [1.82, 2.24) is 9.97 Å². The number of nitrogens with zero attached hydrogens (tertiary/aromatic N) is 2. The Kier molecular flexibility index (Phi) is 4.93. The Balaban J connectivity index is 1.58. The molecule has 3 aromatic rings. The lowest BCUT2D eigenvalue weighted by Crippen LogP contribution is -2.01. The van der Waals surface area contributed by atoms with Crippen LogP contribution in [0.5, 0.6) is 0 Å². The molecule has 0 fully saturated rings. The van der Waals surface area contributed by atoms with Crippen LogP contribution >= 0.6 is 0 Å². The Labute approximate surface area is 131 Å². The van der Waals surface area contributed by atoms with Gasteiger partial charge in [-0.15, -0.1) is 0 Å². The molecule has 0 aliphatic heterocycles. The van der Waals surface area contributed by atoms with E-state index in [1.165, 1.54) is 11.1 Å². The molecule has 3 rings (SSSR count). The molecule has 0 saturated heterocycles. The number of hydrogen-bond donors (Lipinski definition) is 0. The predicted octanol–water partition coefficient (Wildman–Crippen LogP) is 4.05. The molecule has 0 spiro atoms. The quantitative estimate of drug-likeness (QED) is 0.684. The Hall–Kier alpha value is -2.48. The van der Waals surface area contributed by atoms with Crippen LogP contribution in [-0.4, -0.2) is 9.97 Å². The topological polar surface area (TPSA) is 25.8 Å². The van der Waals surface area contributed by atoms with E-state index in [2.05, 4.69) is 53.5 Å². The largest absolute Gasteiger partial charge is 0.261 e. The van der Waals surface area contributed by atoms with Crippen LogP contribution in [0, 0.1) is 0 Å². The second-order valence-corrected chi connectivity index (χ2v) is 5.47. The summed E-state index contributed by atoms with van der Waals surface area (Å²) in [6.07, 6.45) is 7.67. The molecule has 2 heteroatoms. The zero-order chi connectivity index (χ0) is 15.0. The van der Waals surface area contributed by atoms with Gasteiger partial charge < -0.3 is 0 Å². The van der Waals surface area contributed by atoms with Gasteiger partial charge in [-0.05, 0) is 36.8 Å². The van der Waals surface area contributed by atoms with Crippen molar-refractivity contribution < 1.29 is 0 Å². The van der Waals surface area contributed by atoms with Gasteiger partial charge in [-0.2, -0.15) is 0 Å². The fraction of sp³-hybridized carbons (Fsp3) is 0.200. The lowest BCUT2D eigenvalue weighted by molar-refractivity contribution is 0.838. The third-order valence-electron chi connectivity index (χ3n) is 3.76. The van der Waals surface area contributed by atoms with Crippen molar-refractivity contribution in [3.05, 3.63) is 95.6 Å². The number of aryl methyl sites for hydroxylation is 4. The molecule has 2 nitrogen and oxygen atoms in total. The molecule has 0 aliphatic carbocycles. The maximum Gasteiger partial charge on any atom is 0.0593 e. The number of rotatable bonds is 6. The monoisotopic (exact) mass is 288 g/mol. The van der Waals surface area contributed by atoms with Crippen molar-refractivity contribution in [3.8, 4) is 0 Å². The smallest absolute Gasteiger partial charge is 0.0593 e. The Morgan fingerprint density at radius 1 is 0.545 bits per heavy atom. The van der Waals surface area contributed by atoms with E-state index in [-0.39, 0.29) is 0 Å². The van der Waals surface area contributed by atoms with Crippen molar-refractivity contribution in [2.45, 2.75) is 25.7 Å². The van der Waals surface area contributed by atoms with E-state index in [0.29, 0.717) is 0 Å². The summed E-state index contributed by atoms with van der Waals surface area (Å²) in [6.45, 7) is 0. The first kappa shape index (κ1) is 14.5. The predicted molar refractivity (Wildman–Crippen MR) is 89.7 cm³/mol. The molecule has 0 aliphatic rings. The lowest BCUT2D eigenvalue weighted by atomic mass is 10.1. The Bertz CT molecular complexity index is 634. The molecule has 2 aromatic carbocycles. The molecule has 0 unspecified atom stereocenters. The van der Waals surface area contributed by atoms with Gasteiger partial charge in [0.2, 0.25) is 0 Å². The zero-order valence-corrected chi connectivity index (χ0v) is 12.7. The van der Waals surface area contributed by atoms with Gasteiger partial charge in [-0.1, -0.05) is 60.7 Å². The molecule has 1 heterocycles. The van der Waals surface area contributed by atoms with Crippen LogP contribution < -0.4 is 0 Å². The Morgan fingerprint density at radius 2 is 1.00 bits per heavy atom. The molecule has 110 valence electrons. The Morgan fingerprint density at radius 3 is 1.45 bits per heavy atom. The SMILES string of the molecule is c1ccc(CCc2cncc(CCc3ccccc3)n2)cc1. The summed E-state index contributed by atoms with van der Waals surface area (Å²) in [4.78, 5) is 9.09. The summed E-state index contributed by atoms with van der Waals surface area (Å²) in [7, 11) is 0. The highest BCUT2D eigenvalue weighted by molar-refractivity contribution is 5.18. The van der Waals surface area contributed by atoms with Crippen molar-refractivity contribution in [3.63, 3.8) is 0 Å². The molecule has 0 saturated carbocycles. The summed E-state index contributed by atoms with van der Waals surface area (Å²) in [5.74, 6) is 0. The highest BCUT2D eigenvalue weighted by atomic mass is 14.8. The van der Waals surface area contributed by atoms with E-state index >= 15 is 0 Å². The molecule has 0 radical (unpaired) electrons. The van der Waals surface area contributed by atoms with Crippen LogP contribution in [-0.2, 0) is 25.7 Å². The van der Waals surface area contributed by atoms with Gasteiger partial charge in [0, 0.05) is 12.4 Å². The molecular weight excluding hydrogens is 268 g/mol. The van der Waals surface area contributed by atoms with Gasteiger partial charge in [0.1, 0.15) is 0 Å². The van der Waals surface area contributed by atoms with Gasteiger partial charge in [0.05, 0.1) is 11.4 Å². The summed E-state index contributed by atoms with van der Waals surface area (Å²) in [5.41, 5.74) is 4.85. The van der Waals surface area contributed by atoms with Gasteiger partial charge >= 0.3 is 0 Å². The normalized spacial score (nSPS) is 10.5. The minimum absolute atomic E-state index is 0.941. The van der Waals surface area contributed by atoms with Gasteiger partial charge in [-0.3, -0.25) is 9.97 Å². The first-order chi connectivity index (χ1) is 10.9. The first-order valence-electron chi connectivity index (χ1n) is 7.78. The average molecular weight is 288 g/mol. The molecule has 0 atom stereocenters. The number of hydrogen-bond acceptors (Lipinski definition) is 2. The van der Waals surface area contributed by atoms with E-state index in [0.717, 1.165) is 37.1 Å². The van der Waals surface area contributed by atoms with E-state index < -0.39 is 0 Å². The van der Waals surface area contributed by atoms with Crippen molar-refractivity contribution >= 4 is 0 Å². The number of aromatic nitrogens is 2.